The van der Waals surface area contributed by atoms with Gasteiger partial charge < -0.3 is 10.4 Å². The van der Waals surface area contributed by atoms with Gasteiger partial charge in [-0.2, -0.15) is 0 Å². The molecule has 0 unspecified atom stereocenters. The fourth-order valence-corrected chi connectivity index (χ4v) is 2.02. The highest BCUT2D eigenvalue weighted by atomic mass is 16.3. The number of rotatable bonds is 9. The molecule has 0 aliphatic heterocycles. The number of hydrogen-bond acceptors (Lipinski definition) is 3. The zero-order valence-electron chi connectivity index (χ0n) is 12.5. The molecule has 1 aromatic rings. The fraction of sp³-hybridized carbons (Fsp3) is 0.562. The Hall–Kier alpha value is -1.39. The highest BCUT2D eigenvalue weighted by Crippen LogP contribution is 2.00. The van der Waals surface area contributed by atoms with Crippen LogP contribution in [0.5, 0.6) is 0 Å². The first-order valence-electron chi connectivity index (χ1n) is 7.29. The van der Waals surface area contributed by atoms with Crippen molar-refractivity contribution in [3.8, 4) is 0 Å². The first-order chi connectivity index (χ1) is 9.63. The number of hydrogen-bond donors (Lipinski definition) is 2. The van der Waals surface area contributed by atoms with Gasteiger partial charge in [0.1, 0.15) is 0 Å². The lowest BCUT2D eigenvalue weighted by molar-refractivity contribution is -0.122. The number of nitrogens with zero attached hydrogens (tertiary/aromatic N) is 1. The van der Waals surface area contributed by atoms with Crippen LogP contribution in [0.4, 0.5) is 0 Å². The van der Waals surface area contributed by atoms with Gasteiger partial charge in [0.05, 0.1) is 6.54 Å². The van der Waals surface area contributed by atoms with Crippen molar-refractivity contribution < 1.29 is 9.90 Å². The minimum absolute atomic E-state index is 0.0487. The Bertz CT molecular complexity index is 379. The van der Waals surface area contributed by atoms with Gasteiger partial charge in [0.2, 0.25) is 5.91 Å². The summed E-state index contributed by atoms with van der Waals surface area (Å²) in [6.45, 7) is 6.10. The Kier molecular flexibility index (Phi) is 7.92. The molecule has 0 fully saturated rings. The van der Waals surface area contributed by atoms with Crippen LogP contribution >= 0.6 is 0 Å². The average molecular weight is 278 g/mol. The molecule has 0 spiro atoms. The van der Waals surface area contributed by atoms with E-state index in [0.29, 0.717) is 25.6 Å². The van der Waals surface area contributed by atoms with Crippen molar-refractivity contribution in [1.29, 1.82) is 0 Å². The second kappa shape index (κ2) is 9.50. The molecule has 0 saturated carbocycles. The lowest BCUT2D eigenvalue weighted by Gasteiger charge is -2.25. The van der Waals surface area contributed by atoms with Crippen molar-refractivity contribution in [1.82, 2.24) is 10.2 Å². The first-order valence-corrected chi connectivity index (χ1v) is 7.29. The molecular formula is C16H26N2O2. The third kappa shape index (κ3) is 6.68. The van der Waals surface area contributed by atoms with Gasteiger partial charge in [-0.05, 0) is 32.3 Å². The van der Waals surface area contributed by atoms with E-state index in [1.807, 2.05) is 18.2 Å². The zero-order valence-corrected chi connectivity index (χ0v) is 12.5. The minimum Gasteiger partial charge on any atom is -0.396 e. The van der Waals surface area contributed by atoms with Crippen LogP contribution in [0.3, 0.4) is 0 Å². The average Bonchev–Trinajstić information content (AvgIpc) is 2.44. The van der Waals surface area contributed by atoms with Crippen molar-refractivity contribution in [2.45, 2.75) is 32.7 Å². The molecule has 1 aromatic carbocycles. The van der Waals surface area contributed by atoms with Gasteiger partial charge in [-0.15, -0.1) is 0 Å². The Morgan fingerprint density at radius 1 is 1.30 bits per heavy atom. The molecular weight excluding hydrogens is 252 g/mol. The largest absolute Gasteiger partial charge is 0.396 e. The molecule has 0 aromatic heterocycles. The van der Waals surface area contributed by atoms with Gasteiger partial charge in [0.15, 0.2) is 0 Å². The number of amides is 1. The number of carbonyl (C=O) groups excluding carboxylic acids is 1. The van der Waals surface area contributed by atoms with E-state index in [1.165, 1.54) is 5.56 Å². The zero-order chi connectivity index (χ0) is 14.8. The third-order valence-corrected chi connectivity index (χ3v) is 3.26. The Balaban J connectivity index is 2.27. The van der Waals surface area contributed by atoms with Crippen LogP contribution in [0.15, 0.2) is 30.3 Å². The summed E-state index contributed by atoms with van der Waals surface area (Å²) in [6.07, 6.45) is 1.56. The number of aliphatic hydroxyl groups excluding tert-OH is 1. The molecule has 0 atom stereocenters. The van der Waals surface area contributed by atoms with Crippen LogP contribution in [0.25, 0.3) is 0 Å². The Morgan fingerprint density at radius 2 is 2.00 bits per heavy atom. The molecule has 2 N–H and O–H groups in total. The van der Waals surface area contributed by atoms with Gasteiger partial charge in [-0.25, -0.2) is 0 Å². The molecule has 112 valence electrons. The summed E-state index contributed by atoms with van der Waals surface area (Å²) in [5, 5.41) is 11.8. The summed E-state index contributed by atoms with van der Waals surface area (Å²) in [6, 6.07) is 10.4. The van der Waals surface area contributed by atoms with Crippen molar-refractivity contribution in [3.63, 3.8) is 0 Å². The maximum absolute atomic E-state index is 11.9. The highest BCUT2D eigenvalue weighted by molar-refractivity contribution is 5.78. The highest BCUT2D eigenvalue weighted by Gasteiger charge is 2.13. The number of nitrogens with one attached hydrogen (secondary N) is 1. The van der Waals surface area contributed by atoms with Crippen molar-refractivity contribution in [3.05, 3.63) is 35.9 Å². The van der Waals surface area contributed by atoms with E-state index >= 15 is 0 Å². The van der Waals surface area contributed by atoms with Crippen molar-refractivity contribution >= 4 is 5.91 Å². The lowest BCUT2D eigenvalue weighted by atomic mass is 10.1. The molecule has 1 amide bonds. The molecule has 0 aliphatic rings. The monoisotopic (exact) mass is 278 g/mol. The molecule has 20 heavy (non-hydrogen) atoms. The molecule has 4 heteroatoms. The standard InChI is InChI=1S/C16H26N2O2/c1-14(2)18(11-6-12-19)13-16(20)17-10-9-15-7-4-3-5-8-15/h3-5,7-8,14,19H,6,9-13H2,1-2H3,(H,17,20). The maximum Gasteiger partial charge on any atom is 0.234 e. The molecule has 0 bridgehead atoms. The van der Waals surface area contributed by atoms with Crippen molar-refractivity contribution in [2.24, 2.45) is 0 Å². The van der Waals surface area contributed by atoms with Gasteiger partial charge in [0, 0.05) is 25.7 Å². The summed E-state index contributed by atoms with van der Waals surface area (Å²) < 4.78 is 0. The van der Waals surface area contributed by atoms with E-state index in [9.17, 15) is 4.79 Å². The quantitative estimate of drug-likeness (QED) is 0.718. The van der Waals surface area contributed by atoms with E-state index in [0.717, 1.165) is 13.0 Å². The van der Waals surface area contributed by atoms with E-state index in [-0.39, 0.29) is 12.5 Å². The fourth-order valence-electron chi connectivity index (χ4n) is 2.02. The van der Waals surface area contributed by atoms with E-state index in [1.54, 1.807) is 0 Å². The summed E-state index contributed by atoms with van der Waals surface area (Å²) in [7, 11) is 0. The normalized spacial score (nSPS) is 11.1. The predicted octanol–water partition coefficient (Wildman–Crippen LogP) is 1.44. The number of benzene rings is 1. The summed E-state index contributed by atoms with van der Waals surface area (Å²) in [5.41, 5.74) is 1.23. The summed E-state index contributed by atoms with van der Waals surface area (Å²) in [5.74, 6) is 0.0487. The first kappa shape index (κ1) is 16.7. The van der Waals surface area contributed by atoms with E-state index in [2.05, 4.69) is 36.2 Å². The van der Waals surface area contributed by atoms with Gasteiger partial charge >= 0.3 is 0 Å². The second-order valence-electron chi connectivity index (χ2n) is 5.23. The Morgan fingerprint density at radius 3 is 2.60 bits per heavy atom. The molecule has 4 nitrogen and oxygen atoms in total. The molecule has 0 heterocycles. The molecule has 0 radical (unpaired) electrons. The second-order valence-corrected chi connectivity index (χ2v) is 5.23. The Labute approximate surface area is 121 Å². The van der Waals surface area contributed by atoms with Crippen molar-refractivity contribution in [2.75, 3.05) is 26.2 Å². The summed E-state index contributed by atoms with van der Waals surface area (Å²) >= 11 is 0. The smallest absolute Gasteiger partial charge is 0.234 e. The van der Waals surface area contributed by atoms with Gasteiger partial charge in [-0.3, -0.25) is 9.69 Å². The lowest BCUT2D eigenvalue weighted by Crippen LogP contribution is -2.42. The minimum atomic E-state index is 0.0487. The molecule has 0 saturated heterocycles. The van der Waals surface area contributed by atoms with Gasteiger partial charge in [-0.1, -0.05) is 30.3 Å². The maximum atomic E-state index is 11.9. The number of aliphatic hydroxyl groups is 1. The van der Waals surface area contributed by atoms with Gasteiger partial charge in [0.25, 0.3) is 0 Å². The topological polar surface area (TPSA) is 52.6 Å². The van der Waals surface area contributed by atoms with Crippen LogP contribution in [0, 0.1) is 0 Å². The number of carbonyl (C=O) groups is 1. The summed E-state index contributed by atoms with van der Waals surface area (Å²) in [4.78, 5) is 14.0. The van der Waals surface area contributed by atoms with Crippen LogP contribution < -0.4 is 5.32 Å². The molecule has 1 rings (SSSR count). The predicted molar refractivity (Wildman–Crippen MR) is 81.6 cm³/mol. The van der Waals surface area contributed by atoms with Crippen LogP contribution in [0.1, 0.15) is 25.8 Å². The van der Waals surface area contributed by atoms with Crippen LogP contribution in [-0.2, 0) is 11.2 Å². The van der Waals surface area contributed by atoms with E-state index in [4.69, 9.17) is 5.11 Å². The van der Waals surface area contributed by atoms with E-state index < -0.39 is 0 Å². The SMILES string of the molecule is CC(C)N(CCCO)CC(=O)NCCc1ccccc1. The van der Waals surface area contributed by atoms with Crippen LogP contribution in [-0.4, -0.2) is 48.2 Å². The van der Waals surface area contributed by atoms with Crippen LogP contribution in [0.2, 0.25) is 0 Å². The molecule has 0 aliphatic carbocycles. The third-order valence-electron chi connectivity index (χ3n) is 3.26.